The summed E-state index contributed by atoms with van der Waals surface area (Å²) in [5.41, 5.74) is 0.681. The molecule has 2 N–H and O–H groups in total. The average Bonchev–Trinajstić information content (AvgIpc) is 2.83. The molecule has 3 aromatic rings. The molecule has 1 saturated heterocycles. The minimum Gasteiger partial charge on any atom is -0.483 e. The van der Waals surface area contributed by atoms with E-state index in [1.165, 1.54) is 24.3 Å². The number of benzene rings is 3. The summed E-state index contributed by atoms with van der Waals surface area (Å²) in [4.78, 5) is 51.1. The number of anilines is 2. The molecule has 0 atom stereocenters. The highest BCUT2D eigenvalue weighted by atomic mass is 35.5. The number of ether oxygens (including phenoxy) is 1. The molecule has 0 saturated carbocycles. The van der Waals surface area contributed by atoms with Crippen LogP contribution in [0.25, 0.3) is 6.08 Å². The van der Waals surface area contributed by atoms with E-state index in [1.807, 2.05) is 0 Å². The summed E-state index contributed by atoms with van der Waals surface area (Å²) in [6.45, 7) is -0.367. The van der Waals surface area contributed by atoms with E-state index in [0.717, 1.165) is 4.90 Å². The lowest BCUT2D eigenvalue weighted by Crippen LogP contribution is -2.54. The van der Waals surface area contributed by atoms with E-state index in [-0.39, 0.29) is 28.6 Å². The van der Waals surface area contributed by atoms with Crippen molar-refractivity contribution in [2.45, 2.75) is 0 Å². The normalized spacial score (nSPS) is 14.6. The fourth-order valence-corrected chi connectivity index (χ4v) is 3.79. The summed E-state index contributed by atoms with van der Waals surface area (Å²) < 4.78 is 5.63. The van der Waals surface area contributed by atoms with Gasteiger partial charge >= 0.3 is 6.03 Å². The van der Waals surface area contributed by atoms with Crippen molar-refractivity contribution in [3.05, 3.63) is 92.9 Å². The quantitative estimate of drug-likeness (QED) is 0.322. The number of halogens is 3. The number of rotatable bonds is 6. The van der Waals surface area contributed by atoms with Gasteiger partial charge in [-0.15, -0.1) is 0 Å². The molecular weight excluding hydrogens is 529 g/mol. The second kappa shape index (κ2) is 10.8. The Kier molecular flexibility index (Phi) is 7.59. The second-order valence-corrected chi connectivity index (χ2v) is 8.69. The van der Waals surface area contributed by atoms with Gasteiger partial charge in [-0.2, -0.15) is 0 Å². The molecule has 11 heteroatoms. The van der Waals surface area contributed by atoms with E-state index in [2.05, 4.69) is 10.6 Å². The summed E-state index contributed by atoms with van der Waals surface area (Å²) in [7, 11) is 0. The van der Waals surface area contributed by atoms with E-state index in [0.29, 0.717) is 21.3 Å². The van der Waals surface area contributed by atoms with E-state index in [4.69, 9.17) is 39.5 Å². The minimum atomic E-state index is -0.895. The maximum Gasteiger partial charge on any atom is 0.335 e. The molecule has 1 heterocycles. The number of carbonyl (C=O) groups is 4. The average molecular weight is 545 g/mol. The standard InChI is InChI=1S/C25H16Cl3N3O5/c26-15-5-3-6-17(11-15)31-24(34)18(23(33)30-25(31)35)10-14-4-1-2-7-21(14)36-13-22(32)29-16-8-9-19(27)20(28)12-16/h1-12H,13H2,(H,29,32)(H,30,33,35)/b18-10+. The maximum absolute atomic E-state index is 13.1. The third-order valence-corrected chi connectivity index (χ3v) is 5.92. The van der Waals surface area contributed by atoms with Gasteiger partial charge in [0.25, 0.3) is 17.7 Å². The van der Waals surface area contributed by atoms with Crippen LogP contribution in [-0.2, 0) is 14.4 Å². The number of nitrogens with zero attached hydrogens (tertiary/aromatic N) is 1. The number of hydrogen-bond acceptors (Lipinski definition) is 5. The lowest BCUT2D eigenvalue weighted by atomic mass is 10.1. The highest BCUT2D eigenvalue weighted by Gasteiger charge is 2.37. The van der Waals surface area contributed by atoms with Crippen LogP contribution < -0.4 is 20.3 Å². The van der Waals surface area contributed by atoms with Crippen LogP contribution in [0.15, 0.2) is 72.3 Å². The summed E-state index contributed by atoms with van der Waals surface area (Å²) in [5, 5.41) is 5.73. The Balaban J connectivity index is 1.54. The number of urea groups is 1. The van der Waals surface area contributed by atoms with E-state index < -0.39 is 23.8 Å². The molecule has 8 nitrogen and oxygen atoms in total. The van der Waals surface area contributed by atoms with Crippen LogP contribution >= 0.6 is 34.8 Å². The molecular formula is C25H16Cl3N3O5. The van der Waals surface area contributed by atoms with Gasteiger partial charge in [-0.05, 0) is 48.5 Å². The number of carbonyl (C=O) groups excluding carboxylic acids is 4. The van der Waals surface area contributed by atoms with E-state index in [9.17, 15) is 19.2 Å². The second-order valence-electron chi connectivity index (χ2n) is 7.44. The van der Waals surface area contributed by atoms with E-state index >= 15 is 0 Å². The SMILES string of the molecule is O=C(COc1ccccc1/C=C1\C(=O)NC(=O)N(c2cccc(Cl)c2)C1=O)Nc1ccc(Cl)c(Cl)c1. The van der Waals surface area contributed by atoms with Gasteiger partial charge in [0.1, 0.15) is 11.3 Å². The first-order valence-corrected chi connectivity index (χ1v) is 11.5. The molecule has 36 heavy (non-hydrogen) atoms. The van der Waals surface area contributed by atoms with Gasteiger partial charge in [0.2, 0.25) is 0 Å². The number of hydrogen-bond donors (Lipinski definition) is 2. The smallest absolute Gasteiger partial charge is 0.335 e. The van der Waals surface area contributed by atoms with Gasteiger partial charge in [-0.25, -0.2) is 9.69 Å². The molecule has 3 aromatic carbocycles. The van der Waals surface area contributed by atoms with Crippen LogP contribution in [0.4, 0.5) is 16.2 Å². The molecule has 182 valence electrons. The molecule has 0 aliphatic carbocycles. The lowest BCUT2D eigenvalue weighted by molar-refractivity contribution is -0.122. The highest BCUT2D eigenvalue weighted by Crippen LogP contribution is 2.27. The fourth-order valence-electron chi connectivity index (χ4n) is 3.31. The topological polar surface area (TPSA) is 105 Å². The van der Waals surface area contributed by atoms with Crippen LogP contribution in [-0.4, -0.2) is 30.4 Å². The fraction of sp³-hybridized carbons (Fsp3) is 0.0400. The van der Waals surface area contributed by atoms with Crippen molar-refractivity contribution in [2.75, 3.05) is 16.8 Å². The Bertz CT molecular complexity index is 1420. The highest BCUT2D eigenvalue weighted by molar-refractivity contribution is 6.42. The zero-order chi connectivity index (χ0) is 25.8. The molecule has 0 unspecified atom stereocenters. The number of nitrogens with one attached hydrogen (secondary N) is 2. The van der Waals surface area contributed by atoms with Crippen molar-refractivity contribution in [1.29, 1.82) is 0 Å². The van der Waals surface area contributed by atoms with Crippen LogP contribution in [0.2, 0.25) is 15.1 Å². The Morgan fingerprint density at radius 1 is 0.944 bits per heavy atom. The van der Waals surface area contributed by atoms with Crippen LogP contribution in [0.5, 0.6) is 5.75 Å². The molecule has 1 aliphatic heterocycles. The Hall–Kier alpha value is -3.85. The molecule has 0 bridgehead atoms. The Morgan fingerprint density at radius 2 is 1.72 bits per heavy atom. The molecule has 0 spiro atoms. The van der Waals surface area contributed by atoms with Crippen molar-refractivity contribution < 1.29 is 23.9 Å². The molecule has 0 aromatic heterocycles. The minimum absolute atomic E-state index is 0.201. The van der Waals surface area contributed by atoms with Gasteiger partial charge in [0, 0.05) is 16.3 Å². The molecule has 5 amide bonds. The molecule has 4 rings (SSSR count). The first kappa shape index (κ1) is 25.2. The molecule has 0 radical (unpaired) electrons. The van der Waals surface area contributed by atoms with Crippen molar-refractivity contribution in [1.82, 2.24) is 5.32 Å². The van der Waals surface area contributed by atoms with Gasteiger partial charge in [0.15, 0.2) is 6.61 Å². The zero-order valence-electron chi connectivity index (χ0n) is 18.3. The first-order chi connectivity index (χ1) is 17.2. The maximum atomic E-state index is 13.1. The van der Waals surface area contributed by atoms with Crippen molar-refractivity contribution >= 4 is 76.0 Å². The van der Waals surface area contributed by atoms with Gasteiger partial charge in [-0.3, -0.25) is 19.7 Å². The molecule has 1 fully saturated rings. The summed E-state index contributed by atoms with van der Waals surface area (Å²) in [6, 6.07) is 16.3. The predicted octanol–water partition coefficient (Wildman–Crippen LogP) is 5.33. The number of barbiturate groups is 1. The zero-order valence-corrected chi connectivity index (χ0v) is 20.5. The third kappa shape index (κ3) is 5.68. The van der Waals surface area contributed by atoms with Crippen molar-refractivity contribution in [2.24, 2.45) is 0 Å². The number of amides is 5. The number of para-hydroxylation sites is 1. The largest absolute Gasteiger partial charge is 0.483 e. The van der Waals surface area contributed by atoms with Crippen LogP contribution in [0.3, 0.4) is 0 Å². The van der Waals surface area contributed by atoms with Crippen molar-refractivity contribution in [3.63, 3.8) is 0 Å². The summed E-state index contributed by atoms with van der Waals surface area (Å²) in [6.07, 6.45) is 1.29. The lowest BCUT2D eigenvalue weighted by Gasteiger charge is -2.26. The van der Waals surface area contributed by atoms with Gasteiger partial charge in [0.05, 0.1) is 15.7 Å². The van der Waals surface area contributed by atoms with E-state index in [1.54, 1.807) is 48.5 Å². The monoisotopic (exact) mass is 543 g/mol. The third-order valence-electron chi connectivity index (χ3n) is 4.95. The van der Waals surface area contributed by atoms with Crippen molar-refractivity contribution in [3.8, 4) is 5.75 Å². The Labute approximate surface area is 220 Å². The van der Waals surface area contributed by atoms with Gasteiger partial charge in [-0.1, -0.05) is 59.1 Å². The van der Waals surface area contributed by atoms with Gasteiger partial charge < -0.3 is 10.1 Å². The number of imide groups is 2. The first-order valence-electron chi connectivity index (χ1n) is 10.4. The molecule has 1 aliphatic rings. The van der Waals surface area contributed by atoms with Crippen LogP contribution in [0.1, 0.15) is 5.56 Å². The van der Waals surface area contributed by atoms with Crippen LogP contribution in [0, 0.1) is 0 Å². The summed E-state index contributed by atoms with van der Waals surface area (Å²) in [5.74, 6) is -1.94. The summed E-state index contributed by atoms with van der Waals surface area (Å²) >= 11 is 17.8. The predicted molar refractivity (Wildman–Crippen MR) is 137 cm³/mol. The Morgan fingerprint density at radius 3 is 2.47 bits per heavy atom.